The molecule has 0 amide bonds. The maximum Gasteiger partial charge on any atom is 0.150 e. The molecular weight excluding hydrogens is 366 g/mol. The van der Waals surface area contributed by atoms with Gasteiger partial charge in [0.05, 0.1) is 0 Å². The second-order valence-electron chi connectivity index (χ2n) is 7.58. The molecule has 0 aliphatic rings. The van der Waals surface area contributed by atoms with Gasteiger partial charge in [-0.25, -0.2) is 0 Å². The molecule has 0 spiro atoms. The summed E-state index contributed by atoms with van der Waals surface area (Å²) in [6.07, 6.45) is 4.97. The van der Waals surface area contributed by atoms with Crippen LogP contribution in [0.5, 0.6) is 0 Å². The fourth-order valence-corrected chi connectivity index (χ4v) is 3.41. The lowest BCUT2D eigenvalue weighted by atomic mass is 9.97. The number of nitrogens with two attached hydrogens (primary N) is 1. The van der Waals surface area contributed by atoms with E-state index in [0.717, 1.165) is 50.1 Å². The van der Waals surface area contributed by atoms with E-state index in [1.807, 2.05) is 48.5 Å². The molecule has 0 aliphatic heterocycles. The summed E-state index contributed by atoms with van der Waals surface area (Å²) >= 11 is 0. The molecule has 2 heteroatoms. The van der Waals surface area contributed by atoms with Gasteiger partial charge in [-0.1, -0.05) is 67.3 Å². The fraction of sp³-hybridized carbons (Fsp3) is 0.107. The van der Waals surface area contributed by atoms with E-state index in [0.29, 0.717) is 11.3 Å². The third-order valence-corrected chi connectivity index (χ3v) is 5.31. The molecule has 30 heavy (non-hydrogen) atoms. The summed E-state index contributed by atoms with van der Waals surface area (Å²) < 4.78 is 0. The SMILES string of the molecule is C=c1c(C)cc(=C(/C=C(\C=O)c2ccc(N)cc2)/C=C(\C)c2ccccc2)cc1C. The second-order valence-corrected chi connectivity index (χ2v) is 7.58. The Hall–Kier alpha value is -3.65. The molecule has 3 aromatic rings. The van der Waals surface area contributed by atoms with Crippen LogP contribution in [0.1, 0.15) is 29.2 Å². The van der Waals surface area contributed by atoms with Gasteiger partial charge in [0.15, 0.2) is 6.29 Å². The average Bonchev–Trinajstić information content (AvgIpc) is 2.75. The largest absolute Gasteiger partial charge is 0.399 e. The number of aryl methyl sites for hydroxylation is 2. The molecule has 0 aromatic heterocycles. The number of carbonyl (C=O) groups excluding carboxylic acids is 1. The van der Waals surface area contributed by atoms with Crippen molar-refractivity contribution < 1.29 is 4.79 Å². The van der Waals surface area contributed by atoms with Gasteiger partial charge in [0.1, 0.15) is 0 Å². The molecular formula is C28H27NO. The summed E-state index contributed by atoms with van der Waals surface area (Å²) in [5.74, 6) is 0. The Balaban J connectivity index is 2.27. The number of hydrogen-bond donors (Lipinski definition) is 1. The van der Waals surface area contributed by atoms with Crippen molar-refractivity contribution in [2.24, 2.45) is 0 Å². The van der Waals surface area contributed by atoms with Gasteiger partial charge in [0.25, 0.3) is 0 Å². The number of hydrogen-bond acceptors (Lipinski definition) is 2. The lowest BCUT2D eigenvalue weighted by Crippen LogP contribution is -2.16. The number of carbonyl (C=O) groups is 1. The van der Waals surface area contributed by atoms with Crippen LogP contribution in [-0.4, -0.2) is 6.29 Å². The van der Waals surface area contributed by atoms with Crippen molar-refractivity contribution in [1.82, 2.24) is 0 Å². The van der Waals surface area contributed by atoms with Crippen LogP contribution in [0.3, 0.4) is 0 Å². The Morgan fingerprint density at radius 2 is 1.47 bits per heavy atom. The highest BCUT2D eigenvalue weighted by atomic mass is 16.1. The van der Waals surface area contributed by atoms with Gasteiger partial charge in [-0.3, -0.25) is 4.79 Å². The molecule has 3 rings (SSSR count). The standard InChI is InChI=1S/C28H27NO/c1-19-14-25(15-20(2)22(19)4)26(16-21(3)23-8-6-5-7-9-23)17-27(18-30)24-10-12-28(29)13-11-24/h5-18H,4,29H2,1-3H3/b21-16+,27-17+. The number of anilines is 1. The van der Waals surface area contributed by atoms with Crippen LogP contribution in [0.4, 0.5) is 5.69 Å². The Kier molecular flexibility index (Phi) is 6.48. The monoisotopic (exact) mass is 393 g/mol. The zero-order valence-corrected chi connectivity index (χ0v) is 17.8. The number of allylic oxidation sites excluding steroid dienone is 4. The molecule has 0 saturated carbocycles. The van der Waals surface area contributed by atoms with Gasteiger partial charge in [-0.15, -0.1) is 0 Å². The third kappa shape index (κ3) is 4.84. The molecule has 3 aromatic carbocycles. The van der Waals surface area contributed by atoms with Crippen LogP contribution in [0, 0.1) is 13.8 Å². The van der Waals surface area contributed by atoms with E-state index < -0.39 is 0 Å². The first-order valence-corrected chi connectivity index (χ1v) is 9.96. The summed E-state index contributed by atoms with van der Waals surface area (Å²) in [4.78, 5) is 12.0. The number of rotatable bonds is 5. The topological polar surface area (TPSA) is 43.1 Å². The maximum atomic E-state index is 12.0. The molecule has 0 fully saturated rings. The van der Waals surface area contributed by atoms with Crippen LogP contribution in [0.15, 0.2) is 78.9 Å². The highest BCUT2D eigenvalue weighted by Crippen LogP contribution is 2.21. The van der Waals surface area contributed by atoms with Crippen LogP contribution >= 0.6 is 0 Å². The van der Waals surface area contributed by atoms with Crippen molar-refractivity contribution in [3.63, 3.8) is 0 Å². The van der Waals surface area contributed by atoms with E-state index in [1.165, 1.54) is 0 Å². The minimum Gasteiger partial charge on any atom is -0.399 e. The van der Waals surface area contributed by atoms with Crippen LogP contribution in [0.25, 0.3) is 23.3 Å². The molecule has 2 N–H and O–H groups in total. The normalized spacial score (nSPS) is 12.0. The zero-order chi connectivity index (χ0) is 21.7. The first-order chi connectivity index (χ1) is 14.4. The minimum absolute atomic E-state index is 0.608. The molecule has 0 saturated heterocycles. The van der Waals surface area contributed by atoms with Gasteiger partial charge in [0, 0.05) is 11.3 Å². The first-order valence-electron chi connectivity index (χ1n) is 9.96. The minimum atomic E-state index is 0.608. The second kappa shape index (κ2) is 9.23. The van der Waals surface area contributed by atoms with E-state index in [2.05, 4.69) is 57.7 Å². The van der Waals surface area contributed by atoms with Gasteiger partial charge < -0.3 is 5.73 Å². The fourth-order valence-electron chi connectivity index (χ4n) is 3.41. The lowest BCUT2D eigenvalue weighted by molar-refractivity contribution is -0.103. The molecule has 0 unspecified atom stereocenters. The van der Waals surface area contributed by atoms with Crippen LogP contribution < -0.4 is 16.2 Å². The predicted molar refractivity (Wildman–Crippen MR) is 129 cm³/mol. The number of aldehydes is 1. The summed E-state index contributed by atoms with van der Waals surface area (Å²) in [7, 11) is 0. The van der Waals surface area contributed by atoms with Crippen molar-refractivity contribution in [2.45, 2.75) is 20.8 Å². The molecule has 0 radical (unpaired) electrons. The predicted octanol–water partition coefficient (Wildman–Crippen LogP) is 4.83. The van der Waals surface area contributed by atoms with Gasteiger partial charge >= 0.3 is 0 Å². The summed E-state index contributed by atoms with van der Waals surface area (Å²) in [5.41, 5.74) is 13.4. The van der Waals surface area contributed by atoms with E-state index in [9.17, 15) is 4.79 Å². The summed E-state index contributed by atoms with van der Waals surface area (Å²) in [5, 5.41) is 2.10. The third-order valence-electron chi connectivity index (χ3n) is 5.31. The molecule has 0 aliphatic carbocycles. The van der Waals surface area contributed by atoms with Gasteiger partial charge in [0.2, 0.25) is 0 Å². The molecule has 150 valence electrons. The van der Waals surface area contributed by atoms with E-state index in [1.54, 1.807) is 0 Å². The van der Waals surface area contributed by atoms with E-state index >= 15 is 0 Å². The Labute approximate surface area is 178 Å². The Morgan fingerprint density at radius 3 is 2.03 bits per heavy atom. The Morgan fingerprint density at radius 1 is 0.867 bits per heavy atom. The van der Waals surface area contributed by atoms with Gasteiger partial charge in [-0.2, -0.15) is 0 Å². The smallest absolute Gasteiger partial charge is 0.150 e. The van der Waals surface area contributed by atoms with Crippen molar-refractivity contribution in [1.29, 1.82) is 0 Å². The van der Waals surface area contributed by atoms with Crippen molar-refractivity contribution in [2.75, 3.05) is 5.73 Å². The summed E-state index contributed by atoms with van der Waals surface area (Å²) in [6, 6.07) is 21.8. The average molecular weight is 394 g/mol. The Bertz CT molecular complexity index is 1200. The molecule has 0 heterocycles. The van der Waals surface area contributed by atoms with Crippen molar-refractivity contribution >= 4 is 35.3 Å². The highest BCUT2D eigenvalue weighted by Gasteiger charge is 2.05. The number of nitrogen functional groups attached to an aromatic ring is 1. The summed E-state index contributed by atoms with van der Waals surface area (Å²) in [6.45, 7) is 10.4. The molecule has 0 atom stereocenters. The van der Waals surface area contributed by atoms with Crippen molar-refractivity contribution in [3.8, 4) is 0 Å². The quantitative estimate of drug-likeness (QED) is 0.383. The highest BCUT2D eigenvalue weighted by molar-refractivity contribution is 6.10. The molecule has 2 nitrogen and oxygen atoms in total. The van der Waals surface area contributed by atoms with Crippen LogP contribution in [-0.2, 0) is 4.79 Å². The van der Waals surface area contributed by atoms with Crippen LogP contribution in [0.2, 0.25) is 0 Å². The van der Waals surface area contributed by atoms with E-state index in [4.69, 9.17) is 5.73 Å². The van der Waals surface area contributed by atoms with Gasteiger partial charge in [-0.05, 0) is 82.8 Å². The van der Waals surface area contributed by atoms with Crippen molar-refractivity contribution in [3.05, 3.63) is 112 Å². The lowest BCUT2D eigenvalue weighted by Gasteiger charge is -2.07. The zero-order valence-electron chi connectivity index (χ0n) is 17.8. The number of benzene rings is 3. The van der Waals surface area contributed by atoms with E-state index in [-0.39, 0.29) is 0 Å². The molecule has 0 bridgehead atoms. The first kappa shape index (κ1) is 21.1. The maximum absolute atomic E-state index is 12.0.